The maximum atomic E-state index is 5.79. The Hall–Kier alpha value is -1.36. The third-order valence-electron chi connectivity index (χ3n) is 3.69. The zero-order valence-electron chi connectivity index (χ0n) is 11.2. The van der Waals surface area contributed by atoms with E-state index in [-0.39, 0.29) is 6.04 Å². The molecule has 0 amide bonds. The van der Waals surface area contributed by atoms with Crippen LogP contribution in [-0.2, 0) is 6.42 Å². The fourth-order valence-corrected chi connectivity index (χ4v) is 3.66. The van der Waals surface area contributed by atoms with Crippen LogP contribution in [0, 0.1) is 13.8 Å². The number of para-hydroxylation sites is 1. The molecule has 1 aliphatic rings. The molecular weight excluding hydrogens is 256 g/mol. The Bertz CT molecular complexity index is 587. The Kier molecular flexibility index (Phi) is 3.31. The summed E-state index contributed by atoms with van der Waals surface area (Å²) in [5.41, 5.74) is 6.67. The molecule has 0 saturated carbocycles. The van der Waals surface area contributed by atoms with Crippen molar-refractivity contribution in [1.82, 2.24) is 5.43 Å². The maximum Gasteiger partial charge on any atom is 0.127 e. The van der Waals surface area contributed by atoms with E-state index in [2.05, 4.69) is 43.5 Å². The van der Waals surface area contributed by atoms with Crippen LogP contribution in [0.3, 0.4) is 0 Å². The van der Waals surface area contributed by atoms with Crippen molar-refractivity contribution in [2.75, 3.05) is 6.61 Å². The highest BCUT2D eigenvalue weighted by molar-refractivity contribution is 7.12. The van der Waals surface area contributed by atoms with E-state index >= 15 is 0 Å². The Morgan fingerprint density at radius 3 is 2.89 bits per heavy atom. The molecule has 0 radical (unpaired) electrons. The van der Waals surface area contributed by atoms with Crippen molar-refractivity contribution in [2.24, 2.45) is 5.84 Å². The van der Waals surface area contributed by atoms with E-state index in [0.29, 0.717) is 0 Å². The molecule has 3 N–H and O–H groups in total. The van der Waals surface area contributed by atoms with Crippen LogP contribution >= 0.6 is 11.3 Å². The van der Waals surface area contributed by atoms with Crippen LogP contribution in [-0.4, -0.2) is 6.61 Å². The normalized spacial score (nSPS) is 15.1. The molecule has 2 heterocycles. The lowest BCUT2D eigenvalue weighted by molar-refractivity contribution is 0.350. The number of thiophene rings is 1. The first kappa shape index (κ1) is 12.7. The van der Waals surface area contributed by atoms with E-state index in [4.69, 9.17) is 10.6 Å². The van der Waals surface area contributed by atoms with Gasteiger partial charge in [-0.15, -0.1) is 11.3 Å². The third-order valence-corrected chi connectivity index (χ3v) is 4.91. The van der Waals surface area contributed by atoms with Gasteiger partial charge in [-0.1, -0.05) is 18.2 Å². The number of benzene rings is 1. The molecule has 1 aliphatic heterocycles. The molecule has 19 heavy (non-hydrogen) atoms. The minimum atomic E-state index is 0.00505. The molecule has 1 unspecified atom stereocenters. The van der Waals surface area contributed by atoms with E-state index in [0.717, 1.165) is 24.3 Å². The van der Waals surface area contributed by atoms with Crippen LogP contribution in [0.1, 0.15) is 32.5 Å². The van der Waals surface area contributed by atoms with E-state index in [9.17, 15) is 0 Å². The number of ether oxygens (including phenoxy) is 1. The van der Waals surface area contributed by atoms with Gasteiger partial charge < -0.3 is 4.74 Å². The van der Waals surface area contributed by atoms with E-state index in [1.54, 1.807) is 11.3 Å². The first-order chi connectivity index (χ1) is 9.20. The molecule has 3 rings (SSSR count). The van der Waals surface area contributed by atoms with Crippen molar-refractivity contribution in [3.05, 3.63) is 50.7 Å². The molecule has 4 heteroatoms. The monoisotopic (exact) mass is 274 g/mol. The number of nitrogens with one attached hydrogen (secondary N) is 1. The highest BCUT2D eigenvalue weighted by Gasteiger charge is 2.23. The Morgan fingerprint density at radius 2 is 2.21 bits per heavy atom. The molecule has 0 aliphatic carbocycles. The van der Waals surface area contributed by atoms with Gasteiger partial charge in [0, 0.05) is 21.7 Å². The van der Waals surface area contributed by atoms with Gasteiger partial charge in [0.05, 0.1) is 12.6 Å². The topological polar surface area (TPSA) is 47.3 Å². The van der Waals surface area contributed by atoms with Crippen LogP contribution in [0.2, 0.25) is 0 Å². The van der Waals surface area contributed by atoms with Gasteiger partial charge in [0.1, 0.15) is 5.75 Å². The predicted molar refractivity (Wildman–Crippen MR) is 78.6 cm³/mol. The molecular formula is C15H18N2OS. The number of fused-ring (bicyclic) bond motifs is 1. The molecule has 100 valence electrons. The number of rotatable bonds is 3. The highest BCUT2D eigenvalue weighted by atomic mass is 32.1. The average molecular weight is 274 g/mol. The fourth-order valence-electron chi connectivity index (χ4n) is 2.54. The molecule has 0 saturated heterocycles. The van der Waals surface area contributed by atoms with Gasteiger partial charge in [0.2, 0.25) is 0 Å². The SMILES string of the molecule is Cc1cc(C(NN)c2cccc3c2OCC3)sc1C. The Labute approximate surface area is 117 Å². The highest BCUT2D eigenvalue weighted by Crippen LogP contribution is 2.38. The fraction of sp³-hybridized carbons (Fsp3) is 0.333. The van der Waals surface area contributed by atoms with Gasteiger partial charge in [-0.2, -0.15) is 0 Å². The van der Waals surface area contributed by atoms with Crippen LogP contribution in [0.5, 0.6) is 5.75 Å². The summed E-state index contributed by atoms with van der Waals surface area (Å²) < 4.78 is 5.78. The smallest absolute Gasteiger partial charge is 0.127 e. The van der Waals surface area contributed by atoms with E-state index < -0.39 is 0 Å². The number of hydrogen-bond acceptors (Lipinski definition) is 4. The molecule has 1 atom stereocenters. The van der Waals surface area contributed by atoms with Crippen molar-refractivity contribution in [2.45, 2.75) is 26.3 Å². The minimum Gasteiger partial charge on any atom is -0.493 e. The van der Waals surface area contributed by atoms with Gasteiger partial charge in [-0.05, 0) is 31.0 Å². The summed E-state index contributed by atoms with van der Waals surface area (Å²) in [4.78, 5) is 2.57. The number of nitrogens with two attached hydrogens (primary N) is 1. The number of hydrogen-bond donors (Lipinski definition) is 2. The second-order valence-corrected chi connectivity index (χ2v) is 6.21. The molecule has 2 aromatic rings. The van der Waals surface area contributed by atoms with Gasteiger partial charge in [0.15, 0.2) is 0 Å². The Balaban J connectivity index is 2.06. The summed E-state index contributed by atoms with van der Waals surface area (Å²) in [6.07, 6.45) is 0.989. The summed E-state index contributed by atoms with van der Waals surface area (Å²) in [7, 11) is 0. The first-order valence-electron chi connectivity index (χ1n) is 6.48. The predicted octanol–water partition coefficient (Wildman–Crippen LogP) is 2.85. The standard InChI is InChI=1S/C15H18N2OS/c1-9-8-13(19-10(9)2)14(17-16)12-5-3-4-11-6-7-18-15(11)12/h3-5,8,14,17H,6-7,16H2,1-2H3. The summed E-state index contributed by atoms with van der Waals surface area (Å²) >= 11 is 1.79. The van der Waals surface area contributed by atoms with Crippen LogP contribution in [0.4, 0.5) is 0 Å². The summed E-state index contributed by atoms with van der Waals surface area (Å²) in [6, 6.07) is 8.52. The lowest BCUT2D eigenvalue weighted by atomic mass is 10.0. The van der Waals surface area contributed by atoms with Gasteiger partial charge in [-0.25, -0.2) is 5.43 Å². The lowest BCUT2D eigenvalue weighted by Crippen LogP contribution is -2.28. The van der Waals surface area contributed by atoms with Crippen LogP contribution in [0.15, 0.2) is 24.3 Å². The van der Waals surface area contributed by atoms with Crippen LogP contribution < -0.4 is 16.0 Å². The quantitative estimate of drug-likeness (QED) is 0.668. The summed E-state index contributed by atoms with van der Waals surface area (Å²) in [6.45, 7) is 5.05. The number of hydrazine groups is 1. The van der Waals surface area contributed by atoms with Crippen molar-refractivity contribution < 1.29 is 4.74 Å². The molecule has 0 spiro atoms. The maximum absolute atomic E-state index is 5.79. The molecule has 3 nitrogen and oxygen atoms in total. The van der Waals surface area contributed by atoms with Crippen molar-refractivity contribution in [1.29, 1.82) is 0 Å². The lowest BCUT2D eigenvalue weighted by Gasteiger charge is -2.17. The third kappa shape index (κ3) is 2.16. The van der Waals surface area contributed by atoms with Gasteiger partial charge >= 0.3 is 0 Å². The van der Waals surface area contributed by atoms with Crippen LogP contribution in [0.25, 0.3) is 0 Å². The van der Waals surface area contributed by atoms with Crippen molar-refractivity contribution in [3.63, 3.8) is 0 Å². The largest absolute Gasteiger partial charge is 0.493 e. The second-order valence-electron chi connectivity index (χ2n) is 4.92. The van der Waals surface area contributed by atoms with E-state index in [1.165, 1.54) is 20.9 Å². The van der Waals surface area contributed by atoms with Crippen molar-refractivity contribution >= 4 is 11.3 Å². The minimum absolute atomic E-state index is 0.00505. The summed E-state index contributed by atoms with van der Waals surface area (Å²) in [5, 5.41) is 0. The number of aryl methyl sites for hydroxylation is 2. The first-order valence-corrected chi connectivity index (χ1v) is 7.30. The zero-order valence-corrected chi connectivity index (χ0v) is 12.0. The molecule has 1 aromatic heterocycles. The van der Waals surface area contributed by atoms with Gasteiger partial charge in [-0.3, -0.25) is 5.84 Å². The molecule has 1 aromatic carbocycles. The van der Waals surface area contributed by atoms with Gasteiger partial charge in [0.25, 0.3) is 0 Å². The Morgan fingerprint density at radius 1 is 1.37 bits per heavy atom. The summed E-state index contributed by atoms with van der Waals surface area (Å²) in [5.74, 6) is 6.80. The molecule has 0 fully saturated rings. The van der Waals surface area contributed by atoms with Crippen molar-refractivity contribution in [3.8, 4) is 5.75 Å². The average Bonchev–Trinajstić information content (AvgIpc) is 2.99. The van der Waals surface area contributed by atoms with E-state index in [1.807, 2.05) is 0 Å². The second kappa shape index (κ2) is 4.96. The zero-order chi connectivity index (χ0) is 13.4. The molecule has 0 bridgehead atoms.